The van der Waals surface area contributed by atoms with E-state index in [1.165, 1.54) is 141 Å². The van der Waals surface area contributed by atoms with Crippen LogP contribution in [0.4, 0.5) is 0 Å². The number of rotatable bonds is 38. The predicted molar refractivity (Wildman–Crippen MR) is 207 cm³/mol. The summed E-state index contributed by atoms with van der Waals surface area (Å²) >= 11 is 0. The number of nitrogens with two attached hydrogens (primary N) is 1. The molecule has 0 heterocycles. The molecule has 0 spiro atoms. The normalized spacial score (nSPS) is 12.5. The molecule has 7 heteroatoms. The number of esters is 1. The van der Waals surface area contributed by atoms with E-state index in [9.17, 15) is 19.5 Å². The fraction of sp³-hybridized carbons (Fsp3) is 0.881. The second-order valence-corrected chi connectivity index (χ2v) is 14.6. The second kappa shape index (κ2) is 35.9. The van der Waals surface area contributed by atoms with Gasteiger partial charge >= 0.3 is 11.9 Å². The number of aliphatic carboxylic acids is 1. The molecule has 0 aliphatic rings. The van der Waals surface area contributed by atoms with Crippen LogP contribution < -0.4 is 11.1 Å². The van der Waals surface area contributed by atoms with Crippen molar-refractivity contribution in [2.45, 2.75) is 231 Å². The van der Waals surface area contributed by atoms with Crippen LogP contribution in [0.15, 0.2) is 12.2 Å². The Labute approximate surface area is 302 Å². The summed E-state index contributed by atoms with van der Waals surface area (Å²) in [7, 11) is 0. The van der Waals surface area contributed by atoms with Gasteiger partial charge < -0.3 is 20.9 Å². The van der Waals surface area contributed by atoms with Crippen LogP contribution in [0.3, 0.4) is 0 Å². The number of hydrogen-bond acceptors (Lipinski definition) is 5. The Hall–Kier alpha value is -1.89. The maximum atomic E-state index is 13.2. The van der Waals surface area contributed by atoms with Crippen LogP contribution in [0.25, 0.3) is 0 Å². The summed E-state index contributed by atoms with van der Waals surface area (Å²) in [6.07, 6.45) is 35.4. The standard InChI is InChI=1S/C42H80N2O5/c1-4-6-8-10-12-14-16-18-19-21-23-25-27-29-31-35-39(45)49-40(41(46)44-38(42(47)48)34-32-36-43)37(3)33-30-28-26-24-22-20-17-15-13-11-9-7-5-2/h38,40H,3-36,43H2,1-2H3,(H,44,46)(H,47,48). The summed E-state index contributed by atoms with van der Waals surface area (Å²) in [5, 5.41) is 12.2. The molecular weight excluding hydrogens is 612 g/mol. The van der Waals surface area contributed by atoms with E-state index in [2.05, 4.69) is 25.7 Å². The molecule has 0 aromatic heterocycles. The van der Waals surface area contributed by atoms with Crippen LogP contribution in [0, 0.1) is 0 Å². The highest BCUT2D eigenvalue weighted by Crippen LogP contribution is 2.19. The van der Waals surface area contributed by atoms with Gasteiger partial charge in [0, 0.05) is 6.42 Å². The molecule has 0 saturated heterocycles. The topological polar surface area (TPSA) is 119 Å². The molecule has 0 aromatic carbocycles. The van der Waals surface area contributed by atoms with Crippen LogP contribution >= 0.6 is 0 Å². The zero-order valence-corrected chi connectivity index (χ0v) is 32.4. The summed E-state index contributed by atoms with van der Waals surface area (Å²) in [6.45, 7) is 8.96. The lowest BCUT2D eigenvalue weighted by molar-refractivity contribution is -0.155. The first-order valence-electron chi connectivity index (χ1n) is 21.0. The average molecular weight is 693 g/mol. The van der Waals surface area contributed by atoms with E-state index in [4.69, 9.17) is 10.5 Å². The highest BCUT2D eigenvalue weighted by molar-refractivity contribution is 5.90. The van der Waals surface area contributed by atoms with E-state index in [1.807, 2.05) is 0 Å². The van der Waals surface area contributed by atoms with Gasteiger partial charge in [0.15, 0.2) is 0 Å². The molecular formula is C42H80N2O5. The Morgan fingerprint density at radius 3 is 1.27 bits per heavy atom. The minimum absolute atomic E-state index is 0.225. The lowest BCUT2D eigenvalue weighted by Crippen LogP contribution is -2.47. The number of amides is 1. The van der Waals surface area contributed by atoms with Crippen molar-refractivity contribution in [1.82, 2.24) is 5.32 Å². The van der Waals surface area contributed by atoms with Crippen molar-refractivity contribution in [3.63, 3.8) is 0 Å². The second-order valence-electron chi connectivity index (χ2n) is 14.6. The minimum Gasteiger partial charge on any atom is -0.480 e. The highest BCUT2D eigenvalue weighted by Gasteiger charge is 2.29. The van der Waals surface area contributed by atoms with Crippen molar-refractivity contribution in [1.29, 1.82) is 0 Å². The van der Waals surface area contributed by atoms with Crippen LogP contribution in [-0.2, 0) is 19.1 Å². The highest BCUT2D eigenvalue weighted by atomic mass is 16.5. The van der Waals surface area contributed by atoms with E-state index in [-0.39, 0.29) is 12.8 Å². The van der Waals surface area contributed by atoms with Crippen molar-refractivity contribution < 1.29 is 24.2 Å². The van der Waals surface area contributed by atoms with Gasteiger partial charge in [-0.1, -0.05) is 187 Å². The quantitative estimate of drug-likeness (QED) is 0.0337. The number of ether oxygens (including phenoxy) is 1. The van der Waals surface area contributed by atoms with Crippen molar-refractivity contribution in [2.24, 2.45) is 5.73 Å². The van der Waals surface area contributed by atoms with Gasteiger partial charge in [-0.3, -0.25) is 9.59 Å². The van der Waals surface area contributed by atoms with Crippen molar-refractivity contribution >= 4 is 17.8 Å². The molecule has 0 rings (SSSR count). The molecule has 0 aliphatic carbocycles. The Bertz CT molecular complexity index is 802. The summed E-state index contributed by atoms with van der Waals surface area (Å²) in [5.74, 6) is -2.14. The third-order valence-electron chi connectivity index (χ3n) is 9.76. The molecule has 4 N–H and O–H groups in total. The molecule has 2 atom stereocenters. The van der Waals surface area contributed by atoms with Crippen LogP contribution in [0.2, 0.25) is 0 Å². The number of carbonyl (C=O) groups is 3. The lowest BCUT2D eigenvalue weighted by Gasteiger charge is -2.22. The van der Waals surface area contributed by atoms with Crippen molar-refractivity contribution in [2.75, 3.05) is 6.54 Å². The monoisotopic (exact) mass is 693 g/mol. The largest absolute Gasteiger partial charge is 0.480 e. The van der Waals surface area contributed by atoms with Gasteiger partial charge in [-0.25, -0.2) is 4.79 Å². The van der Waals surface area contributed by atoms with Crippen molar-refractivity contribution in [3.8, 4) is 0 Å². The number of carbonyl (C=O) groups excluding carboxylic acids is 2. The summed E-state index contributed by atoms with van der Waals surface area (Å²) < 4.78 is 5.67. The van der Waals surface area contributed by atoms with Gasteiger partial charge in [-0.2, -0.15) is 0 Å². The number of carboxylic acid groups (broad SMARTS) is 1. The average Bonchev–Trinajstić information content (AvgIpc) is 3.08. The molecule has 1 amide bonds. The third-order valence-corrected chi connectivity index (χ3v) is 9.76. The van der Waals surface area contributed by atoms with Crippen LogP contribution in [-0.4, -0.2) is 41.6 Å². The fourth-order valence-electron chi connectivity index (χ4n) is 6.48. The number of hydrogen-bond donors (Lipinski definition) is 3. The molecule has 0 fully saturated rings. The molecule has 0 bridgehead atoms. The molecule has 2 unspecified atom stereocenters. The maximum Gasteiger partial charge on any atom is 0.326 e. The Kier molecular flexibility index (Phi) is 34.5. The minimum atomic E-state index is -1.17. The molecule has 0 aliphatic heterocycles. The van der Waals surface area contributed by atoms with E-state index in [1.54, 1.807) is 0 Å². The number of unbranched alkanes of at least 4 members (excludes halogenated alkanes) is 26. The first kappa shape index (κ1) is 47.1. The Balaban J connectivity index is 4.42. The molecule has 7 nitrogen and oxygen atoms in total. The Morgan fingerprint density at radius 1 is 0.571 bits per heavy atom. The van der Waals surface area contributed by atoms with Gasteiger partial charge in [-0.05, 0) is 44.2 Å². The van der Waals surface area contributed by atoms with E-state index < -0.39 is 30.0 Å². The van der Waals surface area contributed by atoms with Crippen LogP contribution in [0.1, 0.15) is 219 Å². The number of carboxylic acids is 1. The number of nitrogens with one attached hydrogen (secondary N) is 1. The fourth-order valence-corrected chi connectivity index (χ4v) is 6.48. The lowest BCUT2D eigenvalue weighted by atomic mass is 10.0. The SMILES string of the molecule is C=C(CCCCCCCCCCCCCCC)C(OC(=O)CCCCCCCCCCCCCCCCC)C(=O)NC(CCCN)C(=O)O. The molecule has 0 aromatic rings. The predicted octanol–water partition coefficient (Wildman–Crippen LogP) is 11.5. The van der Waals surface area contributed by atoms with E-state index >= 15 is 0 Å². The van der Waals surface area contributed by atoms with E-state index in [0.717, 1.165) is 38.5 Å². The summed E-state index contributed by atoms with van der Waals surface area (Å²) in [4.78, 5) is 37.7. The summed E-state index contributed by atoms with van der Waals surface area (Å²) in [6, 6.07) is -1.07. The zero-order chi connectivity index (χ0) is 36.2. The first-order valence-corrected chi connectivity index (χ1v) is 21.0. The van der Waals surface area contributed by atoms with Gasteiger partial charge in [0.2, 0.25) is 6.10 Å². The smallest absolute Gasteiger partial charge is 0.326 e. The van der Waals surface area contributed by atoms with Gasteiger partial charge in [0.25, 0.3) is 5.91 Å². The summed E-state index contributed by atoms with van der Waals surface area (Å²) in [5.41, 5.74) is 6.10. The van der Waals surface area contributed by atoms with E-state index in [0.29, 0.717) is 25.0 Å². The maximum absolute atomic E-state index is 13.2. The van der Waals surface area contributed by atoms with Crippen LogP contribution in [0.5, 0.6) is 0 Å². The van der Waals surface area contributed by atoms with Gasteiger partial charge in [-0.15, -0.1) is 0 Å². The van der Waals surface area contributed by atoms with Gasteiger partial charge in [0.1, 0.15) is 6.04 Å². The molecule has 0 saturated carbocycles. The molecule has 49 heavy (non-hydrogen) atoms. The molecule has 0 radical (unpaired) electrons. The Morgan fingerprint density at radius 2 is 0.918 bits per heavy atom. The molecule has 288 valence electrons. The first-order chi connectivity index (χ1) is 23.9. The van der Waals surface area contributed by atoms with Gasteiger partial charge in [0.05, 0.1) is 0 Å². The zero-order valence-electron chi connectivity index (χ0n) is 32.4. The third kappa shape index (κ3) is 30.6. The van der Waals surface area contributed by atoms with Crippen molar-refractivity contribution in [3.05, 3.63) is 12.2 Å².